The zero-order valence-electron chi connectivity index (χ0n) is 11.5. The molecule has 0 saturated carbocycles. The van der Waals surface area contributed by atoms with Crippen LogP contribution in [0.5, 0.6) is 0 Å². The van der Waals surface area contributed by atoms with E-state index in [1.807, 2.05) is 0 Å². The number of methoxy groups -OCH3 is 1. The summed E-state index contributed by atoms with van der Waals surface area (Å²) in [5, 5.41) is 0. The number of hydrogen-bond acceptors (Lipinski definition) is 2. The molecule has 6 heteroatoms. The molecule has 1 unspecified atom stereocenters. The molecule has 0 saturated heterocycles. The summed E-state index contributed by atoms with van der Waals surface area (Å²) in [4.78, 5) is 11.3. The highest BCUT2D eigenvalue weighted by Crippen LogP contribution is 2.32. The average Bonchev–Trinajstić information content (AvgIpc) is 2.53. The molecule has 0 radical (unpaired) electrons. The fraction of sp³-hybridized carbons (Fsp3) is 0.188. The van der Waals surface area contributed by atoms with Crippen LogP contribution in [0, 0.1) is 0 Å². The van der Waals surface area contributed by atoms with Crippen molar-refractivity contribution in [2.75, 3.05) is 7.11 Å². The van der Waals surface area contributed by atoms with Crippen LogP contribution >= 0.6 is 0 Å². The van der Waals surface area contributed by atoms with E-state index in [9.17, 15) is 22.4 Å². The number of benzene rings is 2. The minimum absolute atomic E-state index is 0.110. The molecule has 0 heterocycles. The number of rotatable bonds is 3. The summed E-state index contributed by atoms with van der Waals surface area (Å²) in [6, 6.07) is 9.47. The minimum atomic E-state index is -4.45. The maximum atomic E-state index is 14.3. The van der Waals surface area contributed by atoms with E-state index in [4.69, 9.17) is 0 Å². The Morgan fingerprint density at radius 2 is 1.41 bits per heavy atom. The molecule has 1 atom stereocenters. The lowest BCUT2D eigenvalue weighted by Crippen LogP contribution is -2.05. The first-order valence-corrected chi connectivity index (χ1v) is 6.32. The zero-order valence-corrected chi connectivity index (χ0v) is 11.5. The van der Waals surface area contributed by atoms with Crippen molar-refractivity contribution in [2.45, 2.75) is 12.3 Å². The number of ether oxygens (including phenoxy) is 1. The molecule has 2 nitrogen and oxygen atoms in total. The normalized spacial score (nSPS) is 12.8. The predicted molar refractivity (Wildman–Crippen MR) is 72.2 cm³/mol. The molecule has 0 spiro atoms. The Morgan fingerprint density at radius 3 is 1.82 bits per heavy atom. The van der Waals surface area contributed by atoms with Crippen molar-refractivity contribution in [3.63, 3.8) is 0 Å². The van der Waals surface area contributed by atoms with E-state index in [1.165, 1.54) is 31.4 Å². The molecule has 0 aromatic heterocycles. The number of hydrogen-bond donors (Lipinski definition) is 0. The van der Waals surface area contributed by atoms with Gasteiger partial charge in [-0.1, -0.05) is 24.3 Å². The largest absolute Gasteiger partial charge is 0.465 e. The van der Waals surface area contributed by atoms with Crippen molar-refractivity contribution < 1.29 is 27.1 Å². The van der Waals surface area contributed by atoms with Crippen LogP contribution in [0.4, 0.5) is 17.6 Å². The second kappa shape index (κ2) is 6.17. The van der Waals surface area contributed by atoms with E-state index in [2.05, 4.69) is 4.74 Å². The van der Waals surface area contributed by atoms with Gasteiger partial charge in [0.05, 0.1) is 18.2 Å². The third kappa shape index (κ3) is 3.44. The van der Waals surface area contributed by atoms with Gasteiger partial charge in [0, 0.05) is 0 Å². The highest BCUT2D eigenvalue weighted by molar-refractivity contribution is 5.89. The van der Waals surface area contributed by atoms with Crippen LogP contribution in [-0.2, 0) is 10.9 Å². The first kappa shape index (κ1) is 16.0. The molecule has 0 bridgehead atoms. The molecular formula is C16H12F4O2. The van der Waals surface area contributed by atoms with Crippen molar-refractivity contribution in [3.05, 3.63) is 70.8 Å². The quantitative estimate of drug-likeness (QED) is 0.614. The van der Waals surface area contributed by atoms with Gasteiger partial charge in [-0.3, -0.25) is 0 Å². The van der Waals surface area contributed by atoms with Gasteiger partial charge in [0.25, 0.3) is 0 Å². The predicted octanol–water partition coefficient (Wildman–Crippen LogP) is 4.55. The summed E-state index contributed by atoms with van der Waals surface area (Å²) in [6.45, 7) is 0. The average molecular weight is 312 g/mol. The van der Waals surface area contributed by atoms with Gasteiger partial charge in [-0.25, -0.2) is 9.18 Å². The number of alkyl halides is 4. The monoisotopic (exact) mass is 312 g/mol. The van der Waals surface area contributed by atoms with E-state index in [1.54, 1.807) is 0 Å². The number of carbonyl (C=O) groups excluding carboxylic acids is 1. The second-order valence-corrected chi connectivity index (χ2v) is 4.60. The molecular weight excluding hydrogens is 300 g/mol. The van der Waals surface area contributed by atoms with Gasteiger partial charge in [0.15, 0.2) is 6.17 Å². The van der Waals surface area contributed by atoms with Crippen molar-refractivity contribution in [3.8, 4) is 0 Å². The van der Waals surface area contributed by atoms with Crippen molar-refractivity contribution >= 4 is 5.97 Å². The van der Waals surface area contributed by atoms with Crippen LogP contribution in [0.15, 0.2) is 48.5 Å². The fourth-order valence-corrected chi connectivity index (χ4v) is 1.94. The van der Waals surface area contributed by atoms with Crippen LogP contribution in [0.25, 0.3) is 0 Å². The molecule has 2 aromatic rings. The van der Waals surface area contributed by atoms with Gasteiger partial charge < -0.3 is 4.74 Å². The molecule has 116 valence electrons. The van der Waals surface area contributed by atoms with E-state index in [-0.39, 0.29) is 16.7 Å². The van der Waals surface area contributed by atoms with Gasteiger partial charge in [0.2, 0.25) is 0 Å². The molecule has 0 aliphatic heterocycles. The van der Waals surface area contributed by atoms with Crippen molar-refractivity contribution in [1.29, 1.82) is 0 Å². The zero-order chi connectivity index (χ0) is 16.3. The van der Waals surface area contributed by atoms with E-state index < -0.39 is 23.9 Å². The van der Waals surface area contributed by atoms with Gasteiger partial charge in [-0.05, 0) is 35.4 Å². The highest BCUT2D eigenvalue weighted by Gasteiger charge is 2.30. The lowest BCUT2D eigenvalue weighted by Gasteiger charge is -2.11. The Hall–Kier alpha value is -2.37. The van der Waals surface area contributed by atoms with E-state index in [0.717, 1.165) is 24.3 Å². The van der Waals surface area contributed by atoms with Gasteiger partial charge in [-0.15, -0.1) is 0 Å². The molecule has 0 fully saturated rings. The summed E-state index contributed by atoms with van der Waals surface area (Å²) in [7, 11) is 1.23. The summed E-state index contributed by atoms with van der Waals surface area (Å²) in [5.74, 6) is -0.545. The van der Waals surface area contributed by atoms with Gasteiger partial charge in [-0.2, -0.15) is 13.2 Å². The fourth-order valence-electron chi connectivity index (χ4n) is 1.94. The highest BCUT2D eigenvalue weighted by atomic mass is 19.4. The molecule has 0 aliphatic carbocycles. The summed E-state index contributed by atoms with van der Waals surface area (Å²) < 4.78 is 56.2. The molecule has 22 heavy (non-hydrogen) atoms. The number of esters is 1. The number of halogens is 4. The maximum Gasteiger partial charge on any atom is 0.416 e. The van der Waals surface area contributed by atoms with Crippen LogP contribution in [0.2, 0.25) is 0 Å². The molecule has 2 rings (SSSR count). The van der Waals surface area contributed by atoms with Crippen molar-refractivity contribution in [2.24, 2.45) is 0 Å². The Labute approximate surface area is 124 Å². The second-order valence-electron chi connectivity index (χ2n) is 4.60. The molecule has 0 aliphatic rings. The SMILES string of the molecule is COC(=O)c1ccc(C(F)c2ccc(C(F)(F)F)cc2)cc1. The van der Waals surface area contributed by atoms with Crippen LogP contribution < -0.4 is 0 Å². The first-order valence-electron chi connectivity index (χ1n) is 6.32. The third-order valence-corrected chi connectivity index (χ3v) is 3.16. The summed E-state index contributed by atoms with van der Waals surface area (Å²) in [6.07, 6.45) is -6.03. The molecule has 0 N–H and O–H groups in total. The summed E-state index contributed by atoms with van der Waals surface area (Å²) >= 11 is 0. The lowest BCUT2D eigenvalue weighted by atomic mass is 10.0. The first-order chi connectivity index (χ1) is 10.3. The minimum Gasteiger partial charge on any atom is -0.465 e. The topological polar surface area (TPSA) is 26.3 Å². The van der Waals surface area contributed by atoms with Crippen LogP contribution in [0.3, 0.4) is 0 Å². The summed E-state index contributed by atoms with van der Waals surface area (Å²) in [5.41, 5.74) is -0.207. The van der Waals surface area contributed by atoms with Gasteiger partial charge in [0.1, 0.15) is 0 Å². The standard InChI is InChI=1S/C16H12F4O2/c1-22-15(21)12-4-2-10(3-5-12)14(17)11-6-8-13(9-7-11)16(18,19)20/h2-9,14H,1H3. The Balaban J connectivity index is 2.21. The Kier molecular flexibility index (Phi) is 4.49. The third-order valence-electron chi connectivity index (χ3n) is 3.16. The maximum absolute atomic E-state index is 14.3. The van der Waals surface area contributed by atoms with Gasteiger partial charge >= 0.3 is 12.1 Å². The van der Waals surface area contributed by atoms with E-state index in [0.29, 0.717) is 0 Å². The van der Waals surface area contributed by atoms with E-state index >= 15 is 0 Å². The Bertz CT molecular complexity index is 645. The molecule has 2 aromatic carbocycles. The number of carbonyl (C=O) groups is 1. The lowest BCUT2D eigenvalue weighted by molar-refractivity contribution is -0.137. The van der Waals surface area contributed by atoms with Crippen LogP contribution in [0.1, 0.15) is 33.2 Å². The van der Waals surface area contributed by atoms with Crippen molar-refractivity contribution in [1.82, 2.24) is 0 Å². The smallest absolute Gasteiger partial charge is 0.416 e. The van der Waals surface area contributed by atoms with Crippen LogP contribution in [-0.4, -0.2) is 13.1 Å². The Morgan fingerprint density at radius 1 is 0.955 bits per heavy atom. The molecule has 0 amide bonds.